The van der Waals surface area contributed by atoms with Crippen LogP contribution in [-0.4, -0.2) is 68.3 Å². The lowest BCUT2D eigenvalue weighted by Gasteiger charge is -2.34. The topological polar surface area (TPSA) is 89.1 Å². The molecule has 0 bridgehead atoms. The third kappa shape index (κ3) is 4.19. The number of rotatable bonds is 6. The van der Waals surface area contributed by atoms with Gasteiger partial charge in [-0.1, -0.05) is 0 Å². The third-order valence-electron chi connectivity index (χ3n) is 4.64. The number of carbonyl (C=O) groups is 1. The van der Waals surface area contributed by atoms with Crippen LogP contribution in [0.25, 0.3) is 0 Å². The van der Waals surface area contributed by atoms with E-state index in [-0.39, 0.29) is 5.91 Å². The van der Waals surface area contributed by atoms with Gasteiger partial charge in [0, 0.05) is 57.0 Å². The van der Waals surface area contributed by atoms with Crippen LogP contribution in [-0.2, 0) is 4.79 Å². The second-order valence-corrected chi connectivity index (χ2v) is 6.29. The molecule has 150 valence electrons. The van der Waals surface area contributed by atoms with Crippen molar-refractivity contribution in [1.82, 2.24) is 14.9 Å². The van der Waals surface area contributed by atoms with E-state index in [0.717, 1.165) is 24.6 Å². The number of ether oxygens (including phenoxy) is 3. The molecule has 1 fully saturated rings. The number of aromatic nitrogens is 2. The maximum absolute atomic E-state index is 11.5. The Kier molecular flexibility index (Phi) is 6.03. The van der Waals surface area contributed by atoms with E-state index in [9.17, 15) is 4.79 Å². The van der Waals surface area contributed by atoms with Gasteiger partial charge in [0.1, 0.15) is 18.0 Å². The number of hydrogen-bond donors (Lipinski definition) is 1. The number of amides is 1. The minimum atomic E-state index is 0.104. The van der Waals surface area contributed by atoms with Crippen LogP contribution in [0.1, 0.15) is 6.92 Å². The number of nitrogens with zero attached hydrogens (tertiary/aromatic N) is 4. The van der Waals surface area contributed by atoms with Crippen LogP contribution in [0.15, 0.2) is 24.5 Å². The highest BCUT2D eigenvalue weighted by atomic mass is 16.5. The molecule has 0 atom stereocenters. The first-order valence-electron chi connectivity index (χ1n) is 8.95. The number of benzene rings is 1. The molecule has 9 nitrogen and oxygen atoms in total. The molecule has 0 unspecified atom stereocenters. The number of anilines is 3. The van der Waals surface area contributed by atoms with Gasteiger partial charge in [-0.05, 0) is 0 Å². The Hall–Kier alpha value is -3.23. The number of piperazine rings is 1. The maximum atomic E-state index is 11.5. The number of hydrogen-bond acceptors (Lipinski definition) is 8. The molecule has 2 heterocycles. The molecule has 9 heteroatoms. The predicted octanol–water partition coefficient (Wildman–Crippen LogP) is 1.91. The first-order valence-corrected chi connectivity index (χ1v) is 8.95. The smallest absolute Gasteiger partial charge is 0.219 e. The zero-order chi connectivity index (χ0) is 20.1. The summed E-state index contributed by atoms with van der Waals surface area (Å²) in [6.45, 7) is 4.45. The number of nitrogens with one attached hydrogen (secondary N) is 1. The SMILES string of the molecule is COc1cc(Nc2cc(N3CCN(C(C)=O)CC3)ncn2)cc(OC)c1OC. The molecule has 1 aliphatic rings. The Morgan fingerprint density at radius 1 is 0.964 bits per heavy atom. The molecule has 0 spiro atoms. The maximum Gasteiger partial charge on any atom is 0.219 e. The minimum Gasteiger partial charge on any atom is -0.493 e. The van der Waals surface area contributed by atoms with Gasteiger partial charge in [-0.25, -0.2) is 9.97 Å². The van der Waals surface area contributed by atoms with E-state index < -0.39 is 0 Å². The van der Waals surface area contributed by atoms with Gasteiger partial charge in [0.05, 0.1) is 21.3 Å². The fourth-order valence-corrected chi connectivity index (χ4v) is 3.14. The lowest BCUT2D eigenvalue weighted by atomic mass is 10.2. The van der Waals surface area contributed by atoms with E-state index in [2.05, 4.69) is 20.2 Å². The van der Waals surface area contributed by atoms with Crippen molar-refractivity contribution >= 4 is 23.2 Å². The summed E-state index contributed by atoms with van der Waals surface area (Å²) in [6, 6.07) is 5.51. The first kappa shape index (κ1) is 19.5. The molecule has 0 saturated carbocycles. The number of methoxy groups -OCH3 is 3. The fourth-order valence-electron chi connectivity index (χ4n) is 3.14. The van der Waals surface area contributed by atoms with Gasteiger partial charge in [0.25, 0.3) is 0 Å². The van der Waals surface area contributed by atoms with Gasteiger partial charge >= 0.3 is 0 Å². The third-order valence-corrected chi connectivity index (χ3v) is 4.64. The van der Waals surface area contributed by atoms with Gasteiger partial charge < -0.3 is 29.3 Å². The Bertz CT molecular complexity index is 812. The Morgan fingerprint density at radius 2 is 1.61 bits per heavy atom. The number of carbonyl (C=O) groups excluding carboxylic acids is 1. The Labute approximate surface area is 164 Å². The van der Waals surface area contributed by atoms with Crippen molar-refractivity contribution < 1.29 is 19.0 Å². The first-order chi connectivity index (χ1) is 13.5. The van der Waals surface area contributed by atoms with Gasteiger partial charge in [0.2, 0.25) is 11.7 Å². The van der Waals surface area contributed by atoms with Crippen LogP contribution in [0.2, 0.25) is 0 Å². The average Bonchev–Trinajstić information content (AvgIpc) is 2.73. The molecule has 1 aromatic heterocycles. The quantitative estimate of drug-likeness (QED) is 0.804. The molecular formula is C19H25N5O4. The van der Waals surface area contributed by atoms with Crippen LogP contribution in [0.3, 0.4) is 0 Å². The summed E-state index contributed by atoms with van der Waals surface area (Å²) in [7, 11) is 4.71. The monoisotopic (exact) mass is 387 g/mol. The molecule has 1 saturated heterocycles. The van der Waals surface area contributed by atoms with Gasteiger partial charge in [0.15, 0.2) is 11.5 Å². The van der Waals surface area contributed by atoms with Gasteiger partial charge in [-0.3, -0.25) is 4.79 Å². The standard InChI is InChI=1S/C19H25N5O4/c1-13(25)23-5-7-24(8-6-23)18-11-17(20-12-21-18)22-14-9-15(26-2)19(28-4)16(10-14)27-3/h9-12H,5-8H2,1-4H3,(H,20,21,22). The average molecular weight is 387 g/mol. The summed E-state index contributed by atoms with van der Waals surface area (Å²) in [4.78, 5) is 24.1. The molecule has 1 amide bonds. The van der Waals surface area contributed by atoms with E-state index in [1.165, 1.54) is 6.33 Å². The summed E-state index contributed by atoms with van der Waals surface area (Å²) < 4.78 is 16.1. The highest BCUT2D eigenvalue weighted by Gasteiger charge is 2.20. The molecule has 2 aromatic rings. The van der Waals surface area contributed by atoms with Crippen molar-refractivity contribution in [1.29, 1.82) is 0 Å². The van der Waals surface area contributed by atoms with E-state index in [0.29, 0.717) is 36.2 Å². The highest BCUT2D eigenvalue weighted by Crippen LogP contribution is 2.40. The molecular weight excluding hydrogens is 362 g/mol. The summed E-state index contributed by atoms with van der Waals surface area (Å²) >= 11 is 0. The Morgan fingerprint density at radius 3 is 2.14 bits per heavy atom. The van der Waals surface area contributed by atoms with Crippen LogP contribution >= 0.6 is 0 Å². The fraction of sp³-hybridized carbons (Fsp3) is 0.421. The van der Waals surface area contributed by atoms with Crippen molar-refractivity contribution in [2.75, 3.05) is 57.7 Å². The molecule has 28 heavy (non-hydrogen) atoms. The largest absolute Gasteiger partial charge is 0.493 e. The minimum absolute atomic E-state index is 0.104. The van der Waals surface area contributed by atoms with Crippen molar-refractivity contribution in [3.8, 4) is 17.2 Å². The van der Waals surface area contributed by atoms with E-state index in [1.807, 2.05) is 23.1 Å². The predicted molar refractivity (Wildman–Crippen MR) is 106 cm³/mol. The van der Waals surface area contributed by atoms with Crippen LogP contribution in [0.5, 0.6) is 17.2 Å². The lowest BCUT2D eigenvalue weighted by Crippen LogP contribution is -2.48. The lowest BCUT2D eigenvalue weighted by molar-refractivity contribution is -0.129. The summed E-state index contributed by atoms with van der Waals surface area (Å²) in [5.41, 5.74) is 0.751. The zero-order valence-corrected chi connectivity index (χ0v) is 16.6. The molecule has 0 radical (unpaired) electrons. The summed E-state index contributed by atoms with van der Waals surface area (Å²) in [5, 5.41) is 3.25. The van der Waals surface area contributed by atoms with Gasteiger partial charge in [-0.15, -0.1) is 0 Å². The van der Waals surface area contributed by atoms with E-state index in [4.69, 9.17) is 14.2 Å². The molecule has 0 aliphatic carbocycles. The van der Waals surface area contributed by atoms with Crippen LogP contribution in [0.4, 0.5) is 17.3 Å². The molecule has 1 N–H and O–H groups in total. The van der Waals surface area contributed by atoms with E-state index in [1.54, 1.807) is 28.3 Å². The molecule has 1 aliphatic heterocycles. The van der Waals surface area contributed by atoms with Crippen molar-refractivity contribution in [3.63, 3.8) is 0 Å². The van der Waals surface area contributed by atoms with Crippen molar-refractivity contribution in [3.05, 3.63) is 24.5 Å². The zero-order valence-electron chi connectivity index (χ0n) is 16.6. The Balaban J connectivity index is 1.77. The van der Waals surface area contributed by atoms with Crippen LogP contribution in [0, 0.1) is 0 Å². The summed E-state index contributed by atoms with van der Waals surface area (Å²) in [5.74, 6) is 3.20. The van der Waals surface area contributed by atoms with Crippen molar-refractivity contribution in [2.24, 2.45) is 0 Å². The van der Waals surface area contributed by atoms with Gasteiger partial charge in [-0.2, -0.15) is 0 Å². The van der Waals surface area contributed by atoms with E-state index >= 15 is 0 Å². The van der Waals surface area contributed by atoms with Crippen LogP contribution < -0.4 is 24.4 Å². The highest BCUT2D eigenvalue weighted by molar-refractivity contribution is 5.73. The molecule has 3 rings (SSSR count). The second-order valence-electron chi connectivity index (χ2n) is 6.29. The second kappa shape index (κ2) is 8.64. The molecule has 1 aromatic carbocycles. The normalized spacial score (nSPS) is 13.9. The van der Waals surface area contributed by atoms with Crippen molar-refractivity contribution in [2.45, 2.75) is 6.92 Å². The summed E-state index contributed by atoms with van der Waals surface area (Å²) in [6.07, 6.45) is 1.52.